The van der Waals surface area contributed by atoms with E-state index in [9.17, 15) is 0 Å². The highest BCUT2D eigenvalue weighted by atomic mass is 16.5. The number of terminal acetylenes is 1. The van der Waals surface area contributed by atoms with Crippen molar-refractivity contribution in [3.63, 3.8) is 0 Å². The Balaban J connectivity index is 1.84. The van der Waals surface area contributed by atoms with Gasteiger partial charge in [0.25, 0.3) is 0 Å². The normalized spacial score (nSPS) is 11.8. The number of benzene rings is 3. The third kappa shape index (κ3) is 2.29. The number of hydrogen-bond acceptors (Lipinski definition) is 1. The molecular formula is C22H16O. The van der Waals surface area contributed by atoms with Crippen molar-refractivity contribution in [2.24, 2.45) is 0 Å². The highest BCUT2D eigenvalue weighted by molar-refractivity contribution is 5.73. The molecule has 0 amide bonds. The van der Waals surface area contributed by atoms with E-state index in [0.29, 0.717) is 0 Å². The third-order valence-corrected chi connectivity index (χ3v) is 4.39. The summed E-state index contributed by atoms with van der Waals surface area (Å²) in [4.78, 5) is 0. The molecule has 0 aliphatic carbocycles. The quantitative estimate of drug-likeness (QED) is 0.431. The van der Waals surface area contributed by atoms with Gasteiger partial charge in [-0.1, -0.05) is 48.4 Å². The topological polar surface area (TPSA) is 9.23 Å². The average molecular weight is 296 g/mol. The molecule has 23 heavy (non-hydrogen) atoms. The van der Waals surface area contributed by atoms with E-state index < -0.39 is 0 Å². The van der Waals surface area contributed by atoms with E-state index in [-0.39, 0.29) is 0 Å². The first-order chi connectivity index (χ1) is 11.3. The van der Waals surface area contributed by atoms with E-state index in [4.69, 9.17) is 11.2 Å². The van der Waals surface area contributed by atoms with Crippen LogP contribution in [0.3, 0.4) is 0 Å². The maximum absolute atomic E-state index is 6.08. The van der Waals surface area contributed by atoms with Crippen LogP contribution in [0.4, 0.5) is 0 Å². The lowest BCUT2D eigenvalue weighted by Gasteiger charge is -2.22. The monoisotopic (exact) mass is 296 g/mol. The van der Waals surface area contributed by atoms with Crippen LogP contribution < -0.4 is 4.74 Å². The van der Waals surface area contributed by atoms with Crippen molar-refractivity contribution >= 4 is 0 Å². The fraction of sp³-hybridized carbons (Fsp3) is 0.0909. The molecule has 0 N–H and O–H groups in total. The average Bonchev–Trinajstić information content (AvgIpc) is 2.59. The van der Waals surface area contributed by atoms with Crippen molar-refractivity contribution in [3.8, 4) is 35.0 Å². The van der Waals surface area contributed by atoms with Crippen LogP contribution in [0.1, 0.15) is 22.3 Å². The maximum Gasteiger partial charge on any atom is 0.131 e. The van der Waals surface area contributed by atoms with Gasteiger partial charge in [-0.05, 0) is 47.4 Å². The molecule has 0 saturated heterocycles. The van der Waals surface area contributed by atoms with Gasteiger partial charge in [-0.2, -0.15) is 0 Å². The van der Waals surface area contributed by atoms with Gasteiger partial charge in [0, 0.05) is 17.5 Å². The molecular weight excluding hydrogens is 280 g/mol. The van der Waals surface area contributed by atoms with Gasteiger partial charge in [-0.15, -0.1) is 6.42 Å². The molecule has 3 aromatic rings. The molecule has 1 nitrogen and oxygen atoms in total. The second-order valence-corrected chi connectivity index (χ2v) is 5.84. The highest BCUT2D eigenvalue weighted by Gasteiger charge is 2.19. The Hall–Kier alpha value is -2.98. The van der Waals surface area contributed by atoms with Gasteiger partial charge >= 0.3 is 0 Å². The smallest absolute Gasteiger partial charge is 0.131 e. The molecule has 0 atom stereocenters. The van der Waals surface area contributed by atoms with E-state index in [0.717, 1.165) is 29.0 Å². The number of aryl methyl sites for hydroxylation is 1. The van der Waals surface area contributed by atoms with Gasteiger partial charge in [0.2, 0.25) is 0 Å². The Morgan fingerprint density at radius 3 is 2.61 bits per heavy atom. The largest absolute Gasteiger partial charge is 0.457 e. The van der Waals surface area contributed by atoms with Crippen LogP contribution in [0, 0.1) is 19.3 Å². The summed E-state index contributed by atoms with van der Waals surface area (Å²) in [5, 5.41) is 0. The molecule has 1 heteroatoms. The molecule has 0 aromatic heterocycles. The minimum absolute atomic E-state index is 0.887. The summed E-state index contributed by atoms with van der Waals surface area (Å²) in [7, 11) is 0. The highest BCUT2D eigenvalue weighted by Crippen LogP contribution is 2.41. The van der Waals surface area contributed by atoms with Gasteiger partial charge in [0.05, 0.1) is 0 Å². The second kappa shape index (κ2) is 5.34. The Labute approximate surface area is 136 Å². The minimum Gasteiger partial charge on any atom is -0.457 e. The van der Waals surface area contributed by atoms with Crippen molar-refractivity contribution in [2.45, 2.75) is 13.3 Å². The van der Waals surface area contributed by atoms with E-state index >= 15 is 0 Å². The first-order valence-corrected chi connectivity index (χ1v) is 7.71. The minimum atomic E-state index is 0.887. The summed E-state index contributed by atoms with van der Waals surface area (Å²) in [6.45, 7) is 2.06. The SMILES string of the molecule is C#Cc1ccc(-c2cccc3c2Cc2ccccc2O3)cc1C. The van der Waals surface area contributed by atoms with Crippen LogP contribution in [-0.2, 0) is 6.42 Å². The predicted molar refractivity (Wildman–Crippen MR) is 93.9 cm³/mol. The molecule has 0 fully saturated rings. The summed E-state index contributed by atoms with van der Waals surface area (Å²) < 4.78 is 6.08. The Morgan fingerprint density at radius 2 is 1.78 bits per heavy atom. The summed E-state index contributed by atoms with van der Waals surface area (Å²) in [5.41, 5.74) is 6.92. The van der Waals surface area contributed by atoms with Crippen LogP contribution in [0.2, 0.25) is 0 Å². The van der Waals surface area contributed by atoms with Crippen molar-refractivity contribution in [2.75, 3.05) is 0 Å². The molecule has 3 aromatic carbocycles. The number of rotatable bonds is 1. The first-order valence-electron chi connectivity index (χ1n) is 7.71. The Kier molecular flexibility index (Phi) is 3.17. The van der Waals surface area contributed by atoms with Crippen molar-refractivity contribution in [3.05, 3.63) is 82.9 Å². The molecule has 0 unspecified atom stereocenters. The molecule has 4 rings (SSSR count). The van der Waals surface area contributed by atoms with Gasteiger partial charge in [-0.3, -0.25) is 0 Å². The lowest BCUT2D eigenvalue weighted by Crippen LogP contribution is -2.04. The fourth-order valence-corrected chi connectivity index (χ4v) is 3.17. The summed E-state index contributed by atoms with van der Waals surface area (Å²) in [6, 6.07) is 20.7. The van der Waals surface area contributed by atoms with E-state index in [1.807, 2.05) is 30.3 Å². The number of fused-ring (bicyclic) bond motifs is 2. The molecule has 110 valence electrons. The Bertz CT molecular complexity index is 944. The number of para-hydroxylation sites is 1. The summed E-state index contributed by atoms with van der Waals surface area (Å²) >= 11 is 0. The van der Waals surface area contributed by atoms with Gasteiger partial charge in [-0.25, -0.2) is 0 Å². The zero-order valence-corrected chi connectivity index (χ0v) is 13.0. The van der Waals surface area contributed by atoms with Crippen molar-refractivity contribution in [1.82, 2.24) is 0 Å². The standard InChI is InChI=1S/C22H16O/c1-3-16-11-12-17(13-15(16)2)19-8-6-10-22-20(19)14-18-7-4-5-9-21(18)23-22/h1,4-13H,14H2,2H3. The second-order valence-electron chi connectivity index (χ2n) is 5.84. The lowest BCUT2D eigenvalue weighted by atomic mass is 9.91. The number of ether oxygens (including phenoxy) is 1. The molecule has 0 spiro atoms. The Morgan fingerprint density at radius 1 is 0.957 bits per heavy atom. The van der Waals surface area contributed by atoms with Gasteiger partial charge in [0.1, 0.15) is 11.5 Å². The van der Waals surface area contributed by atoms with Gasteiger partial charge in [0.15, 0.2) is 0 Å². The molecule has 0 bridgehead atoms. The zero-order valence-electron chi connectivity index (χ0n) is 13.0. The predicted octanol–water partition coefficient (Wildman–Crippen LogP) is 5.34. The fourth-order valence-electron chi connectivity index (χ4n) is 3.17. The summed E-state index contributed by atoms with van der Waals surface area (Å²) in [5.74, 6) is 4.62. The zero-order chi connectivity index (χ0) is 15.8. The molecule has 1 aliphatic heterocycles. The van der Waals surface area contributed by atoms with Crippen LogP contribution in [0.25, 0.3) is 11.1 Å². The van der Waals surface area contributed by atoms with Crippen LogP contribution in [0.5, 0.6) is 11.5 Å². The third-order valence-electron chi connectivity index (χ3n) is 4.39. The molecule has 1 heterocycles. The van der Waals surface area contributed by atoms with Crippen LogP contribution in [0.15, 0.2) is 60.7 Å². The van der Waals surface area contributed by atoms with Crippen molar-refractivity contribution < 1.29 is 4.74 Å². The molecule has 0 saturated carbocycles. The van der Waals surface area contributed by atoms with Crippen molar-refractivity contribution in [1.29, 1.82) is 0 Å². The van der Waals surface area contributed by atoms with Crippen LogP contribution >= 0.6 is 0 Å². The lowest BCUT2D eigenvalue weighted by molar-refractivity contribution is 0.460. The van der Waals surface area contributed by atoms with E-state index in [2.05, 4.69) is 43.2 Å². The van der Waals surface area contributed by atoms with E-state index in [1.165, 1.54) is 22.3 Å². The van der Waals surface area contributed by atoms with Gasteiger partial charge < -0.3 is 4.74 Å². The van der Waals surface area contributed by atoms with Crippen LogP contribution in [-0.4, -0.2) is 0 Å². The first kappa shape index (κ1) is 13.7. The maximum atomic E-state index is 6.08. The summed E-state index contributed by atoms with van der Waals surface area (Å²) in [6.07, 6.45) is 6.42. The number of hydrogen-bond donors (Lipinski definition) is 0. The molecule has 0 radical (unpaired) electrons. The molecule has 1 aliphatic rings. The van der Waals surface area contributed by atoms with E-state index in [1.54, 1.807) is 0 Å².